The third kappa shape index (κ3) is 6.70. The Morgan fingerprint density at radius 3 is 2.36 bits per heavy atom. The lowest BCUT2D eigenvalue weighted by Crippen LogP contribution is -2.26. The van der Waals surface area contributed by atoms with Gasteiger partial charge in [-0.3, -0.25) is 9.59 Å². The fraction of sp³-hybridized carbons (Fsp3) is 0.258. The average molecular weight is 544 g/mol. The SMILES string of the molecule is Cc1ccc(C)c(NC(=O)c2nc(-c3ccc(SC(C)(C)C(=O)O)cc3)n(CCOc3ccccc3)c2C)c1. The molecule has 0 aliphatic rings. The lowest BCUT2D eigenvalue weighted by molar-refractivity contribution is -0.138. The molecule has 0 saturated heterocycles. The Morgan fingerprint density at radius 1 is 1.00 bits per heavy atom. The van der Waals surface area contributed by atoms with E-state index in [1.807, 2.05) is 98.1 Å². The van der Waals surface area contributed by atoms with Crippen molar-refractivity contribution in [2.45, 2.75) is 50.8 Å². The lowest BCUT2D eigenvalue weighted by atomic mass is 10.1. The zero-order valence-electron chi connectivity index (χ0n) is 22.8. The van der Waals surface area contributed by atoms with Crippen molar-refractivity contribution in [1.29, 1.82) is 0 Å². The summed E-state index contributed by atoms with van der Waals surface area (Å²) in [6.45, 7) is 10.1. The van der Waals surface area contributed by atoms with Gasteiger partial charge in [-0.05, 0) is 76.1 Å². The van der Waals surface area contributed by atoms with Gasteiger partial charge in [-0.1, -0.05) is 42.5 Å². The third-order valence-corrected chi connectivity index (χ3v) is 7.60. The van der Waals surface area contributed by atoms with Crippen molar-refractivity contribution in [2.75, 3.05) is 11.9 Å². The summed E-state index contributed by atoms with van der Waals surface area (Å²) in [4.78, 5) is 30.6. The van der Waals surface area contributed by atoms with E-state index in [2.05, 4.69) is 5.32 Å². The first kappa shape index (κ1) is 28.0. The Balaban J connectivity index is 1.64. The molecule has 39 heavy (non-hydrogen) atoms. The van der Waals surface area contributed by atoms with Gasteiger partial charge in [0.1, 0.15) is 28.6 Å². The summed E-state index contributed by atoms with van der Waals surface area (Å²) >= 11 is 1.28. The van der Waals surface area contributed by atoms with Gasteiger partial charge in [0.05, 0.1) is 6.54 Å². The highest BCUT2D eigenvalue weighted by Gasteiger charge is 2.28. The molecule has 0 saturated carbocycles. The smallest absolute Gasteiger partial charge is 0.319 e. The van der Waals surface area contributed by atoms with Gasteiger partial charge >= 0.3 is 5.97 Å². The van der Waals surface area contributed by atoms with Crippen molar-refractivity contribution >= 4 is 29.3 Å². The van der Waals surface area contributed by atoms with Crippen molar-refractivity contribution in [3.63, 3.8) is 0 Å². The van der Waals surface area contributed by atoms with Crippen LogP contribution in [0.2, 0.25) is 0 Å². The first-order valence-electron chi connectivity index (χ1n) is 12.7. The van der Waals surface area contributed by atoms with E-state index in [1.165, 1.54) is 11.8 Å². The molecule has 1 amide bonds. The van der Waals surface area contributed by atoms with E-state index in [-0.39, 0.29) is 5.91 Å². The zero-order chi connectivity index (χ0) is 28.2. The van der Waals surface area contributed by atoms with Gasteiger partial charge in [-0.15, -0.1) is 11.8 Å². The number of imidazole rings is 1. The molecule has 202 valence electrons. The average Bonchev–Trinajstić information content (AvgIpc) is 3.23. The van der Waals surface area contributed by atoms with Crippen LogP contribution in [0.5, 0.6) is 5.75 Å². The number of para-hydroxylation sites is 1. The first-order valence-corrected chi connectivity index (χ1v) is 13.5. The van der Waals surface area contributed by atoms with Crippen molar-refractivity contribution < 1.29 is 19.4 Å². The van der Waals surface area contributed by atoms with Crippen LogP contribution < -0.4 is 10.1 Å². The van der Waals surface area contributed by atoms with Crippen LogP contribution in [0.1, 0.15) is 41.2 Å². The molecular formula is C31H33N3O4S. The quantitative estimate of drug-likeness (QED) is 0.215. The molecule has 8 heteroatoms. The predicted molar refractivity (Wildman–Crippen MR) is 156 cm³/mol. The minimum absolute atomic E-state index is 0.277. The number of carboxylic acids is 1. The van der Waals surface area contributed by atoms with Gasteiger partial charge in [-0.2, -0.15) is 0 Å². The number of nitrogens with one attached hydrogen (secondary N) is 1. The van der Waals surface area contributed by atoms with E-state index in [0.29, 0.717) is 24.7 Å². The van der Waals surface area contributed by atoms with Crippen LogP contribution in [-0.2, 0) is 11.3 Å². The largest absolute Gasteiger partial charge is 0.492 e. The Morgan fingerprint density at radius 2 is 1.69 bits per heavy atom. The van der Waals surface area contributed by atoms with Crippen molar-refractivity contribution in [1.82, 2.24) is 9.55 Å². The Labute approximate surface area is 233 Å². The molecule has 2 N–H and O–H groups in total. The van der Waals surface area contributed by atoms with E-state index in [4.69, 9.17) is 9.72 Å². The number of carboxylic acid groups (broad SMARTS) is 1. The van der Waals surface area contributed by atoms with Gasteiger partial charge in [-0.25, -0.2) is 4.98 Å². The minimum atomic E-state index is -0.954. The summed E-state index contributed by atoms with van der Waals surface area (Å²) in [5, 5.41) is 12.5. The normalized spacial score (nSPS) is 11.3. The molecule has 0 radical (unpaired) electrons. The van der Waals surface area contributed by atoms with E-state index < -0.39 is 10.7 Å². The zero-order valence-corrected chi connectivity index (χ0v) is 23.6. The number of aromatic nitrogens is 2. The molecule has 0 atom stereocenters. The molecule has 0 aliphatic carbocycles. The number of anilines is 1. The maximum Gasteiger partial charge on any atom is 0.319 e. The summed E-state index contributed by atoms with van der Waals surface area (Å²) in [6.07, 6.45) is 0. The third-order valence-electron chi connectivity index (χ3n) is 6.40. The summed E-state index contributed by atoms with van der Waals surface area (Å²) < 4.78 is 6.97. The first-order chi connectivity index (χ1) is 18.5. The minimum Gasteiger partial charge on any atom is -0.492 e. The molecule has 0 aliphatic heterocycles. The number of aliphatic carboxylic acids is 1. The molecule has 4 aromatic rings. The second-order valence-corrected chi connectivity index (χ2v) is 11.6. The van der Waals surface area contributed by atoms with Crippen molar-refractivity contribution in [3.8, 4) is 17.1 Å². The number of hydrogen-bond donors (Lipinski definition) is 2. The van der Waals surface area contributed by atoms with Crippen molar-refractivity contribution in [3.05, 3.63) is 95.3 Å². The van der Waals surface area contributed by atoms with Crippen LogP contribution in [0.4, 0.5) is 5.69 Å². The second kappa shape index (κ2) is 11.8. The number of carbonyl (C=O) groups is 2. The molecule has 1 aromatic heterocycles. The molecule has 0 fully saturated rings. The number of ether oxygens (including phenoxy) is 1. The molecule has 0 spiro atoms. The van der Waals surface area contributed by atoms with Crippen LogP contribution in [-0.4, -0.2) is 37.9 Å². The molecule has 0 unspecified atom stereocenters. The van der Waals surface area contributed by atoms with Crippen LogP contribution >= 0.6 is 11.8 Å². The Hall–Kier alpha value is -4.04. The van der Waals surface area contributed by atoms with Crippen LogP contribution in [0.25, 0.3) is 11.4 Å². The maximum atomic E-state index is 13.4. The van der Waals surface area contributed by atoms with Crippen LogP contribution in [0.15, 0.2) is 77.7 Å². The van der Waals surface area contributed by atoms with Gasteiger partial charge < -0.3 is 19.7 Å². The highest BCUT2D eigenvalue weighted by Crippen LogP contribution is 2.34. The predicted octanol–water partition coefficient (Wildman–Crippen LogP) is 6.76. The lowest BCUT2D eigenvalue weighted by Gasteiger charge is -2.18. The van der Waals surface area contributed by atoms with E-state index in [0.717, 1.165) is 38.7 Å². The number of carbonyl (C=O) groups excluding carboxylic acids is 1. The highest BCUT2D eigenvalue weighted by atomic mass is 32.2. The molecular weight excluding hydrogens is 510 g/mol. The highest BCUT2D eigenvalue weighted by molar-refractivity contribution is 8.01. The summed E-state index contributed by atoms with van der Waals surface area (Å²) in [5.74, 6) is 0.262. The molecule has 0 bridgehead atoms. The standard InChI is InChI=1S/C31H33N3O4S/c1-20-11-12-21(2)26(19-20)32-29(35)27-22(3)34(17-18-38-24-9-7-6-8-10-24)28(33-27)23-13-15-25(16-14-23)39-31(4,5)30(36)37/h6-16,19H,17-18H2,1-5H3,(H,32,35)(H,36,37). The Kier molecular flexibility index (Phi) is 8.45. The monoisotopic (exact) mass is 543 g/mol. The van der Waals surface area contributed by atoms with Gasteiger partial charge in [0.15, 0.2) is 0 Å². The summed E-state index contributed by atoms with van der Waals surface area (Å²) in [6, 6.07) is 23.1. The fourth-order valence-electron chi connectivity index (χ4n) is 4.08. The number of nitrogens with zero attached hydrogens (tertiary/aromatic N) is 2. The Bertz CT molecular complexity index is 1480. The maximum absolute atomic E-state index is 13.4. The van der Waals surface area contributed by atoms with Gasteiger partial charge in [0.2, 0.25) is 0 Å². The summed E-state index contributed by atoms with van der Waals surface area (Å²) in [7, 11) is 0. The van der Waals surface area contributed by atoms with Crippen LogP contribution in [0.3, 0.4) is 0 Å². The number of amides is 1. The number of benzene rings is 3. The topological polar surface area (TPSA) is 93.5 Å². The fourth-order valence-corrected chi connectivity index (χ4v) is 5.03. The van der Waals surface area contributed by atoms with E-state index in [1.54, 1.807) is 13.8 Å². The number of rotatable bonds is 10. The number of hydrogen-bond acceptors (Lipinski definition) is 5. The van der Waals surface area contributed by atoms with E-state index >= 15 is 0 Å². The summed E-state index contributed by atoms with van der Waals surface area (Å²) in [5.41, 5.74) is 4.68. The second-order valence-electron chi connectivity index (χ2n) is 9.90. The van der Waals surface area contributed by atoms with Crippen molar-refractivity contribution in [2.24, 2.45) is 0 Å². The van der Waals surface area contributed by atoms with Gasteiger partial charge in [0.25, 0.3) is 5.91 Å². The van der Waals surface area contributed by atoms with E-state index in [9.17, 15) is 14.7 Å². The molecule has 7 nitrogen and oxygen atoms in total. The number of thioether (sulfide) groups is 1. The molecule has 1 heterocycles. The molecule has 3 aromatic carbocycles. The molecule has 4 rings (SSSR count). The number of aryl methyl sites for hydroxylation is 2. The van der Waals surface area contributed by atoms with Gasteiger partial charge in [0, 0.05) is 21.8 Å². The van der Waals surface area contributed by atoms with Crippen LogP contribution in [0, 0.1) is 20.8 Å².